The van der Waals surface area contributed by atoms with Crippen LogP contribution < -0.4 is 5.32 Å². The molecule has 2 saturated heterocycles. The van der Waals surface area contributed by atoms with Gasteiger partial charge in [0, 0.05) is 64.1 Å². The lowest BCUT2D eigenvalue weighted by atomic mass is 9.93. The van der Waals surface area contributed by atoms with Crippen LogP contribution >= 0.6 is 23.2 Å². The Balaban J connectivity index is 1.36. The van der Waals surface area contributed by atoms with Gasteiger partial charge in [0.15, 0.2) is 0 Å². The number of alkyl halides is 3. The van der Waals surface area contributed by atoms with Crippen LogP contribution in [0.15, 0.2) is 36.4 Å². The number of likely N-dealkylation sites (tertiary alicyclic amines) is 2. The molecule has 2 unspecified atom stereocenters. The number of hydrogen-bond acceptors (Lipinski definition) is 4. The number of carbonyl (C=O) groups is 2. The second-order valence-electron chi connectivity index (χ2n) is 11.6. The second-order valence-corrected chi connectivity index (χ2v) is 12.5. The second kappa shape index (κ2) is 14.6. The predicted molar refractivity (Wildman–Crippen MR) is 160 cm³/mol. The third-order valence-corrected chi connectivity index (χ3v) is 9.20. The monoisotopic (exact) mass is 644 g/mol. The van der Waals surface area contributed by atoms with Crippen molar-refractivity contribution in [3.05, 3.63) is 69.0 Å². The number of benzene rings is 2. The van der Waals surface area contributed by atoms with Gasteiger partial charge in [0.1, 0.15) is 5.82 Å². The summed E-state index contributed by atoms with van der Waals surface area (Å²) in [5.74, 6) is -1.37. The summed E-state index contributed by atoms with van der Waals surface area (Å²) < 4.78 is 53.4. The van der Waals surface area contributed by atoms with Crippen LogP contribution in [0.3, 0.4) is 0 Å². The number of nitrogens with one attached hydrogen (secondary N) is 1. The Morgan fingerprint density at radius 3 is 2.37 bits per heavy atom. The van der Waals surface area contributed by atoms with E-state index >= 15 is 0 Å². The topological polar surface area (TPSA) is 55.9 Å². The van der Waals surface area contributed by atoms with Crippen LogP contribution in [0.5, 0.6) is 0 Å². The van der Waals surface area contributed by atoms with Crippen LogP contribution in [-0.4, -0.2) is 78.4 Å². The van der Waals surface area contributed by atoms with E-state index in [0.717, 1.165) is 63.0 Å². The number of hydrogen-bond donors (Lipinski definition) is 1. The van der Waals surface area contributed by atoms with Gasteiger partial charge in [-0.05, 0) is 74.7 Å². The van der Waals surface area contributed by atoms with Crippen molar-refractivity contribution in [2.24, 2.45) is 0 Å². The van der Waals surface area contributed by atoms with Crippen molar-refractivity contribution in [2.45, 2.75) is 69.8 Å². The fourth-order valence-corrected chi connectivity index (χ4v) is 6.46. The van der Waals surface area contributed by atoms with E-state index in [4.69, 9.17) is 23.2 Å². The lowest BCUT2D eigenvalue weighted by molar-refractivity contribution is -0.140. The summed E-state index contributed by atoms with van der Waals surface area (Å²) in [7, 11) is 1.83. The van der Waals surface area contributed by atoms with Crippen molar-refractivity contribution in [2.75, 3.05) is 39.8 Å². The first-order valence-corrected chi connectivity index (χ1v) is 15.4. The van der Waals surface area contributed by atoms with Crippen molar-refractivity contribution >= 4 is 35.0 Å². The molecule has 0 radical (unpaired) electrons. The molecule has 2 aliphatic heterocycles. The van der Waals surface area contributed by atoms with Crippen LogP contribution in [0.4, 0.5) is 17.6 Å². The first-order chi connectivity index (χ1) is 20.3. The minimum atomic E-state index is -4.76. The molecule has 1 N–H and O–H groups in total. The van der Waals surface area contributed by atoms with Crippen LogP contribution in [-0.2, 0) is 22.3 Å². The van der Waals surface area contributed by atoms with Gasteiger partial charge in [-0.1, -0.05) is 35.3 Å². The molecule has 43 heavy (non-hydrogen) atoms. The third-order valence-electron chi connectivity index (χ3n) is 8.46. The largest absolute Gasteiger partial charge is 0.419 e. The Labute approximate surface area is 260 Å². The molecule has 2 aromatic rings. The van der Waals surface area contributed by atoms with E-state index in [1.54, 1.807) is 12.1 Å². The predicted octanol–water partition coefficient (Wildman–Crippen LogP) is 6.35. The van der Waals surface area contributed by atoms with Gasteiger partial charge in [-0.15, -0.1) is 0 Å². The number of halogens is 6. The number of carbonyl (C=O) groups excluding carboxylic acids is 2. The summed E-state index contributed by atoms with van der Waals surface area (Å²) in [6.45, 7) is 5.39. The molecule has 6 nitrogen and oxygen atoms in total. The van der Waals surface area contributed by atoms with Crippen LogP contribution in [0.25, 0.3) is 0 Å². The maximum Gasteiger partial charge on any atom is 0.419 e. The Kier molecular flexibility index (Phi) is 11.4. The molecule has 0 aromatic heterocycles. The normalized spacial score (nSPS) is 20.2. The van der Waals surface area contributed by atoms with Crippen molar-refractivity contribution in [1.82, 2.24) is 20.0 Å². The summed E-state index contributed by atoms with van der Waals surface area (Å²) in [4.78, 5) is 30.7. The minimum Gasteiger partial charge on any atom is -0.354 e. The Hall–Kier alpha value is -2.40. The van der Waals surface area contributed by atoms with Crippen LogP contribution in [0.2, 0.25) is 10.0 Å². The standard InChI is InChI=1S/C31H38Cl2F4N4O2/c1-20(42)38-23-10-13-40(14-11-23)12-4-3-5-30(43)41-18-24(22-7-9-26(32)27(33)16-22)29(19-41)39(2)17-21-6-8-25(28(34)15-21)31(35,36)37/h6-9,15-16,23-24,29H,3-5,10-14,17-19H2,1-2H3,(H,38,42). The molecule has 2 heterocycles. The maximum atomic E-state index is 14.3. The SMILES string of the molecule is CC(=O)NC1CCN(CCCCC(=O)N2CC(c3ccc(Cl)c(Cl)c3)C(N(C)Cc3ccc(C(F)(F)F)c(F)c3)C2)CC1. The Morgan fingerprint density at radius 1 is 1.02 bits per heavy atom. The number of unbranched alkanes of at least 4 members (excludes halogenated alkanes) is 1. The Bertz CT molecular complexity index is 1290. The molecule has 0 spiro atoms. The number of likely N-dealkylation sites (N-methyl/N-ethyl adjacent to an activating group) is 1. The van der Waals surface area contributed by atoms with E-state index in [0.29, 0.717) is 35.1 Å². The molecular formula is C31H38Cl2F4N4O2. The molecule has 2 amide bonds. The molecule has 2 aliphatic rings. The highest BCUT2D eigenvalue weighted by Crippen LogP contribution is 2.36. The first kappa shape index (κ1) is 33.5. The third kappa shape index (κ3) is 9.06. The zero-order valence-corrected chi connectivity index (χ0v) is 25.9. The fraction of sp³-hybridized carbons (Fsp3) is 0.548. The zero-order chi connectivity index (χ0) is 31.3. The number of nitrogens with zero attached hydrogens (tertiary/aromatic N) is 3. The van der Waals surface area contributed by atoms with Gasteiger partial charge in [0.05, 0.1) is 15.6 Å². The smallest absolute Gasteiger partial charge is 0.354 e. The van der Waals surface area contributed by atoms with Gasteiger partial charge in [0.2, 0.25) is 11.8 Å². The number of rotatable bonds is 10. The molecule has 0 bridgehead atoms. The van der Waals surface area contributed by atoms with Crippen molar-refractivity contribution < 1.29 is 27.2 Å². The van der Waals surface area contributed by atoms with Crippen LogP contribution in [0.1, 0.15) is 61.6 Å². The van der Waals surface area contributed by atoms with E-state index in [1.165, 1.54) is 13.0 Å². The Morgan fingerprint density at radius 2 is 1.74 bits per heavy atom. The van der Waals surface area contributed by atoms with Crippen molar-refractivity contribution in [1.29, 1.82) is 0 Å². The molecule has 2 atom stereocenters. The highest BCUT2D eigenvalue weighted by Gasteiger charge is 2.39. The van der Waals surface area contributed by atoms with Gasteiger partial charge in [-0.2, -0.15) is 13.2 Å². The van der Waals surface area contributed by atoms with E-state index in [2.05, 4.69) is 10.2 Å². The molecule has 2 fully saturated rings. The first-order valence-electron chi connectivity index (χ1n) is 14.6. The molecule has 2 aromatic carbocycles. The van der Waals surface area contributed by atoms with Gasteiger partial charge < -0.3 is 15.1 Å². The van der Waals surface area contributed by atoms with E-state index in [1.807, 2.05) is 22.9 Å². The molecule has 0 aliphatic carbocycles. The van der Waals surface area contributed by atoms with Gasteiger partial charge in [-0.3, -0.25) is 14.5 Å². The number of piperidine rings is 1. The van der Waals surface area contributed by atoms with Gasteiger partial charge >= 0.3 is 6.18 Å². The number of amides is 2. The van der Waals surface area contributed by atoms with E-state index in [-0.39, 0.29) is 36.4 Å². The van der Waals surface area contributed by atoms with Crippen molar-refractivity contribution in [3.63, 3.8) is 0 Å². The average Bonchev–Trinajstić information content (AvgIpc) is 3.38. The lowest BCUT2D eigenvalue weighted by Gasteiger charge is -2.32. The zero-order valence-electron chi connectivity index (χ0n) is 24.4. The van der Waals surface area contributed by atoms with Crippen LogP contribution in [0, 0.1) is 5.82 Å². The van der Waals surface area contributed by atoms with Gasteiger partial charge in [-0.25, -0.2) is 4.39 Å². The molecule has 236 valence electrons. The molecular weight excluding hydrogens is 607 g/mol. The lowest BCUT2D eigenvalue weighted by Crippen LogP contribution is -2.44. The maximum absolute atomic E-state index is 14.3. The highest BCUT2D eigenvalue weighted by molar-refractivity contribution is 6.42. The molecule has 4 rings (SSSR count). The van der Waals surface area contributed by atoms with Gasteiger partial charge in [0.25, 0.3) is 0 Å². The molecule has 0 saturated carbocycles. The van der Waals surface area contributed by atoms with E-state index < -0.39 is 17.6 Å². The minimum absolute atomic E-state index is 0.00203. The summed E-state index contributed by atoms with van der Waals surface area (Å²) in [6.07, 6.45) is -0.846. The highest BCUT2D eigenvalue weighted by atomic mass is 35.5. The fourth-order valence-electron chi connectivity index (χ4n) is 6.16. The average molecular weight is 646 g/mol. The van der Waals surface area contributed by atoms with E-state index in [9.17, 15) is 27.2 Å². The molecule has 12 heteroatoms. The summed E-state index contributed by atoms with van der Waals surface area (Å²) in [6, 6.07) is 8.42. The summed E-state index contributed by atoms with van der Waals surface area (Å²) in [5.41, 5.74) is 0.0225. The quantitative estimate of drug-likeness (QED) is 0.242. The summed E-state index contributed by atoms with van der Waals surface area (Å²) in [5, 5.41) is 3.80. The summed E-state index contributed by atoms with van der Waals surface area (Å²) >= 11 is 12.5. The van der Waals surface area contributed by atoms with Crippen molar-refractivity contribution in [3.8, 4) is 0 Å².